The van der Waals surface area contributed by atoms with Crippen molar-refractivity contribution in [3.63, 3.8) is 0 Å². The Bertz CT molecular complexity index is 1570. The third kappa shape index (κ3) is 8.78. The van der Waals surface area contributed by atoms with E-state index in [-0.39, 0.29) is 22.4 Å². The molecule has 2 amide bonds. The van der Waals surface area contributed by atoms with Gasteiger partial charge in [0.2, 0.25) is 11.8 Å². The number of amides is 2. The lowest BCUT2D eigenvalue weighted by Crippen LogP contribution is -2.51. The first-order valence-electron chi connectivity index (χ1n) is 13.0. The maximum atomic E-state index is 13.9. The van der Waals surface area contributed by atoms with Crippen molar-refractivity contribution in [2.45, 2.75) is 44.4 Å². The molecule has 14 heteroatoms. The number of hydrogen-bond donors (Lipinski definition) is 1. The molecule has 3 aromatic rings. The molecular weight excluding hydrogens is 650 g/mol. The monoisotopic (exact) mass is 677 g/mol. The number of carbonyl (C=O) groups is 2. The van der Waals surface area contributed by atoms with Crippen LogP contribution in [-0.4, -0.2) is 44.3 Å². The summed E-state index contributed by atoms with van der Waals surface area (Å²) in [7, 11) is -4.58. The Balaban J connectivity index is 2.11. The minimum atomic E-state index is -4.90. The standard InChI is InChI=1S/C29H29Cl3F3N3O4S/c1-18(2)15-36-28(40)19(3)37(16-20-9-10-21(30)13-26(20)32)27(39)17-38(43(41,42)23-7-5-4-6-8-23)22-11-12-25(31)24(14-22)29(33,34)35/h4-14,18-19H,15-17H2,1-3H3,(H,36,40). The number of hydrogen-bond acceptors (Lipinski definition) is 4. The van der Waals surface area contributed by atoms with E-state index in [1.807, 2.05) is 13.8 Å². The number of sulfonamides is 1. The molecule has 0 heterocycles. The van der Waals surface area contributed by atoms with Crippen LogP contribution in [-0.2, 0) is 32.3 Å². The highest BCUT2D eigenvalue weighted by Crippen LogP contribution is 2.38. The number of nitrogens with zero attached hydrogens (tertiary/aromatic N) is 2. The van der Waals surface area contributed by atoms with E-state index < -0.39 is 56.9 Å². The number of nitrogens with one attached hydrogen (secondary N) is 1. The number of rotatable bonds is 11. The lowest BCUT2D eigenvalue weighted by molar-refractivity contribution is -0.139. The van der Waals surface area contributed by atoms with Crippen molar-refractivity contribution in [2.24, 2.45) is 5.92 Å². The van der Waals surface area contributed by atoms with Gasteiger partial charge in [0.25, 0.3) is 10.0 Å². The first kappa shape index (κ1) is 34.5. The molecule has 0 saturated heterocycles. The first-order valence-corrected chi connectivity index (χ1v) is 15.6. The Hall–Kier alpha value is -2.99. The number of benzene rings is 3. The van der Waals surface area contributed by atoms with Gasteiger partial charge in [0.15, 0.2) is 0 Å². The van der Waals surface area contributed by atoms with Gasteiger partial charge in [-0.25, -0.2) is 8.42 Å². The first-order chi connectivity index (χ1) is 20.0. The second-order valence-corrected chi connectivity index (χ2v) is 13.2. The van der Waals surface area contributed by atoms with Crippen molar-refractivity contribution >= 4 is 62.3 Å². The zero-order chi connectivity index (χ0) is 32.1. The summed E-state index contributed by atoms with van der Waals surface area (Å²) in [5.41, 5.74) is -1.32. The summed E-state index contributed by atoms with van der Waals surface area (Å²) in [5.74, 6) is -1.29. The predicted molar refractivity (Wildman–Crippen MR) is 162 cm³/mol. The van der Waals surface area contributed by atoms with Gasteiger partial charge in [0.05, 0.1) is 21.2 Å². The van der Waals surface area contributed by atoms with E-state index in [4.69, 9.17) is 34.8 Å². The van der Waals surface area contributed by atoms with E-state index in [1.165, 1.54) is 43.3 Å². The molecule has 0 aromatic heterocycles. The van der Waals surface area contributed by atoms with Crippen LogP contribution in [0.2, 0.25) is 15.1 Å². The van der Waals surface area contributed by atoms with Gasteiger partial charge in [-0.2, -0.15) is 13.2 Å². The summed E-state index contributed by atoms with van der Waals surface area (Å²) in [5, 5.41) is 2.62. The molecule has 0 fully saturated rings. The molecule has 1 unspecified atom stereocenters. The maximum absolute atomic E-state index is 13.9. The fourth-order valence-electron chi connectivity index (χ4n) is 4.00. The largest absolute Gasteiger partial charge is 0.417 e. The maximum Gasteiger partial charge on any atom is 0.417 e. The molecule has 1 N–H and O–H groups in total. The Kier molecular flexibility index (Phi) is 11.4. The van der Waals surface area contributed by atoms with Gasteiger partial charge in [-0.1, -0.05) is 72.9 Å². The van der Waals surface area contributed by atoms with Crippen molar-refractivity contribution in [3.8, 4) is 0 Å². The second kappa shape index (κ2) is 14.2. The van der Waals surface area contributed by atoms with E-state index in [0.717, 1.165) is 17.0 Å². The van der Waals surface area contributed by atoms with E-state index >= 15 is 0 Å². The van der Waals surface area contributed by atoms with Crippen LogP contribution in [0.1, 0.15) is 31.9 Å². The molecule has 232 valence electrons. The van der Waals surface area contributed by atoms with Crippen LogP contribution < -0.4 is 9.62 Å². The molecule has 43 heavy (non-hydrogen) atoms. The molecule has 0 aliphatic heterocycles. The average Bonchev–Trinajstić information content (AvgIpc) is 2.94. The van der Waals surface area contributed by atoms with Gasteiger partial charge < -0.3 is 10.2 Å². The van der Waals surface area contributed by atoms with Gasteiger partial charge in [-0.3, -0.25) is 13.9 Å². The Morgan fingerprint density at radius 2 is 1.56 bits per heavy atom. The van der Waals surface area contributed by atoms with E-state index in [9.17, 15) is 31.2 Å². The van der Waals surface area contributed by atoms with E-state index in [0.29, 0.717) is 27.5 Å². The summed E-state index contributed by atoms with van der Waals surface area (Å²) in [6, 6.07) is 12.9. The minimum Gasteiger partial charge on any atom is -0.354 e. The lowest BCUT2D eigenvalue weighted by atomic mass is 10.1. The highest BCUT2D eigenvalue weighted by molar-refractivity contribution is 7.92. The van der Waals surface area contributed by atoms with Crippen molar-refractivity contribution in [2.75, 3.05) is 17.4 Å². The summed E-state index contributed by atoms with van der Waals surface area (Å²) in [6.07, 6.45) is -4.90. The third-order valence-corrected chi connectivity index (χ3v) is 9.07. The van der Waals surface area contributed by atoms with E-state index in [2.05, 4.69) is 5.32 Å². The number of carbonyl (C=O) groups excluding carboxylic acids is 2. The molecule has 0 bridgehead atoms. The summed E-state index contributed by atoms with van der Waals surface area (Å²) >= 11 is 18.1. The van der Waals surface area contributed by atoms with Crippen LogP contribution in [0.15, 0.2) is 71.6 Å². The van der Waals surface area contributed by atoms with Gasteiger partial charge >= 0.3 is 6.18 Å². The molecule has 0 saturated carbocycles. The SMILES string of the molecule is CC(C)CNC(=O)C(C)N(Cc1ccc(Cl)cc1Cl)C(=O)CN(c1ccc(Cl)c(C(F)(F)F)c1)S(=O)(=O)c1ccccc1. The molecule has 0 aliphatic carbocycles. The summed E-state index contributed by atoms with van der Waals surface area (Å²) < 4.78 is 69.4. The molecule has 3 aromatic carbocycles. The molecule has 0 spiro atoms. The van der Waals surface area contributed by atoms with Crippen LogP contribution in [0.4, 0.5) is 18.9 Å². The van der Waals surface area contributed by atoms with Crippen molar-refractivity contribution < 1.29 is 31.2 Å². The smallest absolute Gasteiger partial charge is 0.354 e. The lowest BCUT2D eigenvalue weighted by Gasteiger charge is -2.32. The Morgan fingerprint density at radius 3 is 2.14 bits per heavy atom. The van der Waals surface area contributed by atoms with Crippen molar-refractivity contribution in [3.05, 3.63) is 92.9 Å². The number of halogens is 6. The summed E-state index contributed by atoms with van der Waals surface area (Å²) in [4.78, 5) is 27.8. The van der Waals surface area contributed by atoms with Gasteiger partial charge in [-0.15, -0.1) is 0 Å². The molecule has 7 nitrogen and oxygen atoms in total. The molecule has 1 atom stereocenters. The molecular formula is C29H29Cl3F3N3O4S. The zero-order valence-electron chi connectivity index (χ0n) is 23.3. The van der Waals surface area contributed by atoms with Crippen LogP contribution >= 0.6 is 34.8 Å². The summed E-state index contributed by atoms with van der Waals surface area (Å²) in [6.45, 7) is 4.37. The third-order valence-electron chi connectivity index (χ3n) is 6.36. The predicted octanol–water partition coefficient (Wildman–Crippen LogP) is 7.05. The van der Waals surface area contributed by atoms with Gasteiger partial charge in [0, 0.05) is 23.1 Å². The highest BCUT2D eigenvalue weighted by atomic mass is 35.5. The van der Waals surface area contributed by atoms with Crippen LogP contribution in [0.25, 0.3) is 0 Å². The molecule has 0 radical (unpaired) electrons. The van der Waals surface area contributed by atoms with E-state index in [1.54, 1.807) is 12.1 Å². The minimum absolute atomic E-state index is 0.102. The van der Waals surface area contributed by atoms with Crippen LogP contribution in [0.5, 0.6) is 0 Å². The quantitative estimate of drug-likeness (QED) is 0.236. The zero-order valence-corrected chi connectivity index (χ0v) is 26.4. The van der Waals surface area contributed by atoms with Gasteiger partial charge in [0.1, 0.15) is 12.6 Å². The fraction of sp³-hybridized carbons (Fsp3) is 0.310. The molecule has 3 rings (SSSR count). The topological polar surface area (TPSA) is 86.8 Å². The Labute approximate surface area is 263 Å². The van der Waals surface area contributed by atoms with Gasteiger partial charge in [-0.05, 0) is 60.9 Å². The molecule has 0 aliphatic rings. The Morgan fingerprint density at radius 1 is 0.907 bits per heavy atom. The average molecular weight is 679 g/mol. The second-order valence-electron chi connectivity index (χ2n) is 10.1. The normalized spacial score (nSPS) is 12.6. The van der Waals surface area contributed by atoms with Crippen molar-refractivity contribution in [1.82, 2.24) is 10.2 Å². The highest BCUT2D eigenvalue weighted by Gasteiger charge is 2.37. The fourth-order valence-corrected chi connectivity index (χ4v) is 6.12. The van der Waals surface area contributed by atoms with Crippen LogP contribution in [0.3, 0.4) is 0 Å². The number of alkyl halides is 3. The van der Waals surface area contributed by atoms with Crippen molar-refractivity contribution in [1.29, 1.82) is 0 Å². The number of anilines is 1. The van der Waals surface area contributed by atoms with Crippen LogP contribution in [0, 0.1) is 5.92 Å².